The van der Waals surface area contributed by atoms with Crippen LogP contribution in [0, 0.1) is 0 Å². The molecule has 1 fully saturated rings. The molecule has 4 nitrogen and oxygen atoms in total. The zero-order valence-corrected chi connectivity index (χ0v) is 13.0. The average molecular weight is 309 g/mol. The van der Waals surface area contributed by atoms with Crippen LogP contribution in [0.5, 0.6) is 0 Å². The van der Waals surface area contributed by atoms with E-state index in [9.17, 15) is 9.59 Å². The number of likely N-dealkylation sites (tertiary alicyclic amines) is 1. The molecule has 0 radical (unpaired) electrons. The first-order chi connectivity index (χ1) is 11.2. The maximum absolute atomic E-state index is 12.4. The maximum Gasteiger partial charge on any atom is 0.288 e. The van der Waals surface area contributed by atoms with Gasteiger partial charge in [-0.05, 0) is 11.1 Å². The summed E-state index contributed by atoms with van der Waals surface area (Å²) in [6.45, 7) is 1.19. The monoisotopic (exact) mass is 309 g/mol. The minimum Gasteiger partial charge on any atom is -0.335 e. The Bertz CT molecular complexity index is 670. The van der Waals surface area contributed by atoms with E-state index in [-0.39, 0.29) is 17.9 Å². The van der Waals surface area contributed by atoms with Crippen molar-refractivity contribution in [2.24, 2.45) is 0 Å². The highest BCUT2D eigenvalue weighted by molar-refractivity contribution is 6.04. The van der Waals surface area contributed by atoms with Gasteiger partial charge in [0.2, 0.25) is 5.91 Å². The van der Waals surface area contributed by atoms with Crippen molar-refractivity contribution in [3.8, 4) is 0 Å². The van der Waals surface area contributed by atoms with Crippen LogP contribution in [0.3, 0.4) is 0 Å². The highest BCUT2D eigenvalue weighted by atomic mass is 16.2. The molecule has 1 saturated heterocycles. The summed E-state index contributed by atoms with van der Waals surface area (Å²) >= 11 is 0. The standard InChI is InChI=1S/C19H20N2O2/c22-18-13-17(20-12-11-15-7-3-1-4-8-15)19(23)21(18)14-16-9-5-2-6-10-16/h1-10,17,20H,11-14H2/p+1/t17-/m0/s1. The number of benzene rings is 2. The van der Waals surface area contributed by atoms with Gasteiger partial charge in [0.25, 0.3) is 5.91 Å². The first-order valence-corrected chi connectivity index (χ1v) is 7.99. The highest BCUT2D eigenvalue weighted by Crippen LogP contribution is 2.14. The SMILES string of the molecule is O=C1C[C@H]([NH2+]CCc2ccccc2)C(=O)N1Cc1ccccc1. The molecule has 3 rings (SSSR count). The maximum atomic E-state index is 12.4. The molecule has 1 aliphatic heterocycles. The highest BCUT2D eigenvalue weighted by Gasteiger charge is 2.40. The topological polar surface area (TPSA) is 54.0 Å². The lowest BCUT2D eigenvalue weighted by atomic mass is 10.1. The number of rotatable bonds is 6. The Kier molecular flexibility index (Phi) is 4.83. The van der Waals surface area contributed by atoms with Crippen molar-refractivity contribution in [2.45, 2.75) is 25.4 Å². The van der Waals surface area contributed by atoms with Gasteiger partial charge in [0.1, 0.15) is 0 Å². The zero-order valence-electron chi connectivity index (χ0n) is 13.0. The van der Waals surface area contributed by atoms with Gasteiger partial charge in [-0.15, -0.1) is 0 Å². The van der Waals surface area contributed by atoms with Gasteiger partial charge >= 0.3 is 0 Å². The number of hydrogen-bond donors (Lipinski definition) is 1. The van der Waals surface area contributed by atoms with E-state index in [4.69, 9.17) is 0 Å². The molecule has 1 heterocycles. The number of carbonyl (C=O) groups excluding carboxylic acids is 2. The predicted octanol–water partition coefficient (Wildman–Crippen LogP) is 1.12. The zero-order chi connectivity index (χ0) is 16.1. The quantitative estimate of drug-likeness (QED) is 0.813. The number of nitrogens with zero attached hydrogens (tertiary/aromatic N) is 1. The van der Waals surface area contributed by atoms with Crippen molar-refractivity contribution in [1.82, 2.24) is 4.90 Å². The Labute approximate surface area is 136 Å². The van der Waals surface area contributed by atoms with Gasteiger partial charge in [-0.1, -0.05) is 60.7 Å². The van der Waals surface area contributed by atoms with Crippen LogP contribution in [0.25, 0.3) is 0 Å². The van der Waals surface area contributed by atoms with Gasteiger partial charge in [-0.25, -0.2) is 0 Å². The number of nitrogens with two attached hydrogens (primary N) is 1. The van der Waals surface area contributed by atoms with E-state index in [1.165, 1.54) is 10.5 Å². The van der Waals surface area contributed by atoms with Gasteiger partial charge < -0.3 is 5.32 Å². The summed E-state index contributed by atoms with van der Waals surface area (Å²) in [5, 5.41) is 2.00. The number of amides is 2. The van der Waals surface area contributed by atoms with Crippen LogP contribution in [0.2, 0.25) is 0 Å². The Morgan fingerprint density at radius 1 is 0.913 bits per heavy atom. The third-order valence-electron chi connectivity index (χ3n) is 4.19. The van der Waals surface area contributed by atoms with Gasteiger partial charge in [0.15, 0.2) is 6.04 Å². The molecule has 2 amide bonds. The van der Waals surface area contributed by atoms with Crippen molar-refractivity contribution in [3.05, 3.63) is 71.8 Å². The van der Waals surface area contributed by atoms with Crippen LogP contribution in [0.1, 0.15) is 17.5 Å². The van der Waals surface area contributed by atoms with Gasteiger partial charge in [-0.3, -0.25) is 14.5 Å². The molecule has 2 aromatic carbocycles. The van der Waals surface area contributed by atoms with Crippen molar-refractivity contribution < 1.29 is 14.9 Å². The molecule has 0 saturated carbocycles. The normalized spacial score (nSPS) is 17.7. The lowest BCUT2D eigenvalue weighted by Gasteiger charge is -2.14. The molecule has 0 bridgehead atoms. The number of imide groups is 1. The van der Waals surface area contributed by atoms with Gasteiger partial charge in [0, 0.05) is 6.42 Å². The van der Waals surface area contributed by atoms with Gasteiger partial charge in [-0.2, -0.15) is 0 Å². The van der Waals surface area contributed by atoms with Crippen molar-refractivity contribution >= 4 is 11.8 Å². The summed E-state index contributed by atoms with van der Waals surface area (Å²) < 4.78 is 0. The van der Waals surface area contributed by atoms with E-state index in [0.717, 1.165) is 18.5 Å². The molecule has 0 unspecified atom stereocenters. The Hall–Kier alpha value is -2.46. The fraction of sp³-hybridized carbons (Fsp3) is 0.263. The minimum atomic E-state index is -0.269. The fourth-order valence-corrected chi connectivity index (χ4v) is 2.92. The average Bonchev–Trinajstić information content (AvgIpc) is 2.85. The van der Waals surface area contributed by atoms with Crippen LogP contribution < -0.4 is 5.32 Å². The molecular formula is C19H21N2O2+. The second-order valence-electron chi connectivity index (χ2n) is 5.87. The van der Waals surface area contributed by atoms with Crippen molar-refractivity contribution in [3.63, 3.8) is 0 Å². The lowest BCUT2D eigenvalue weighted by Crippen LogP contribution is -2.91. The largest absolute Gasteiger partial charge is 0.335 e. The first-order valence-electron chi connectivity index (χ1n) is 7.99. The Morgan fingerprint density at radius 2 is 1.52 bits per heavy atom. The van der Waals surface area contributed by atoms with Gasteiger partial charge in [0.05, 0.1) is 19.5 Å². The molecule has 2 N–H and O–H groups in total. The summed E-state index contributed by atoms with van der Waals surface area (Å²) in [5.41, 5.74) is 2.24. The van der Waals surface area contributed by atoms with Crippen LogP contribution in [0.15, 0.2) is 60.7 Å². The van der Waals surface area contributed by atoms with Crippen LogP contribution in [-0.2, 0) is 22.6 Å². The molecule has 23 heavy (non-hydrogen) atoms. The van der Waals surface area contributed by atoms with E-state index in [1.54, 1.807) is 0 Å². The number of quaternary nitrogens is 1. The number of hydrogen-bond acceptors (Lipinski definition) is 2. The fourth-order valence-electron chi connectivity index (χ4n) is 2.92. The van der Waals surface area contributed by atoms with E-state index in [2.05, 4.69) is 12.1 Å². The molecular weight excluding hydrogens is 288 g/mol. The molecule has 2 aromatic rings. The molecule has 1 atom stereocenters. The molecule has 0 spiro atoms. The summed E-state index contributed by atoms with van der Waals surface area (Å²) in [6, 6.07) is 19.6. The third kappa shape index (κ3) is 3.85. The summed E-state index contributed by atoms with van der Waals surface area (Å²) in [6.07, 6.45) is 1.21. The molecule has 118 valence electrons. The molecule has 0 aliphatic carbocycles. The molecule has 4 heteroatoms. The smallest absolute Gasteiger partial charge is 0.288 e. The summed E-state index contributed by atoms with van der Waals surface area (Å²) in [4.78, 5) is 25.9. The van der Waals surface area contributed by atoms with E-state index in [0.29, 0.717) is 13.0 Å². The predicted molar refractivity (Wildman–Crippen MR) is 87.3 cm³/mol. The van der Waals surface area contributed by atoms with Crippen LogP contribution in [0.4, 0.5) is 0 Å². The summed E-state index contributed by atoms with van der Waals surface area (Å²) in [7, 11) is 0. The second-order valence-corrected chi connectivity index (χ2v) is 5.87. The second kappa shape index (κ2) is 7.20. The first kappa shape index (κ1) is 15.4. The lowest BCUT2D eigenvalue weighted by molar-refractivity contribution is -0.674. The molecule has 1 aliphatic rings. The van der Waals surface area contributed by atoms with E-state index < -0.39 is 0 Å². The van der Waals surface area contributed by atoms with Crippen LogP contribution >= 0.6 is 0 Å². The Morgan fingerprint density at radius 3 is 2.17 bits per heavy atom. The molecule has 0 aromatic heterocycles. The van der Waals surface area contributed by atoms with E-state index >= 15 is 0 Å². The Balaban J connectivity index is 1.54. The van der Waals surface area contributed by atoms with Crippen LogP contribution in [-0.4, -0.2) is 29.3 Å². The van der Waals surface area contributed by atoms with Crippen molar-refractivity contribution in [1.29, 1.82) is 0 Å². The third-order valence-corrected chi connectivity index (χ3v) is 4.19. The van der Waals surface area contributed by atoms with Crippen molar-refractivity contribution in [2.75, 3.05) is 6.54 Å². The number of carbonyl (C=O) groups is 2. The minimum absolute atomic E-state index is 0.0630. The van der Waals surface area contributed by atoms with E-state index in [1.807, 2.05) is 53.8 Å². The summed E-state index contributed by atoms with van der Waals surface area (Å²) in [5.74, 6) is -0.133.